The van der Waals surface area contributed by atoms with Crippen molar-refractivity contribution in [3.8, 4) is 11.5 Å². The highest BCUT2D eigenvalue weighted by molar-refractivity contribution is 14.1. The van der Waals surface area contributed by atoms with Gasteiger partial charge in [0.1, 0.15) is 11.5 Å². The zero-order valence-corrected chi connectivity index (χ0v) is 21.4. The van der Waals surface area contributed by atoms with Crippen LogP contribution in [0.1, 0.15) is 11.1 Å². The topological polar surface area (TPSA) is 89.9 Å². The SMILES string of the molecule is CS(=O)(=O)Oc1ccccc1C(=CCSc1ccc(OCC(=O)O)cc1I)c1ccccc1. The molecule has 3 aromatic carbocycles. The minimum absolute atomic E-state index is 0.273. The largest absolute Gasteiger partial charge is 0.482 e. The average Bonchev–Trinajstić information content (AvgIpc) is 2.77. The van der Waals surface area contributed by atoms with Crippen molar-refractivity contribution in [1.29, 1.82) is 0 Å². The van der Waals surface area contributed by atoms with Crippen molar-refractivity contribution < 1.29 is 27.2 Å². The highest BCUT2D eigenvalue weighted by atomic mass is 127. The second-order valence-electron chi connectivity index (χ2n) is 6.85. The van der Waals surface area contributed by atoms with Crippen LogP contribution in [0.2, 0.25) is 0 Å². The summed E-state index contributed by atoms with van der Waals surface area (Å²) in [6.45, 7) is -0.388. The molecular formula is C24H21IO6S2. The third kappa shape index (κ3) is 7.79. The monoisotopic (exact) mass is 596 g/mol. The molecule has 0 heterocycles. The van der Waals surface area contributed by atoms with E-state index in [1.165, 1.54) is 0 Å². The van der Waals surface area contributed by atoms with E-state index in [9.17, 15) is 13.2 Å². The van der Waals surface area contributed by atoms with Gasteiger partial charge in [0, 0.05) is 19.8 Å². The van der Waals surface area contributed by atoms with Gasteiger partial charge >= 0.3 is 16.1 Å². The first-order valence-corrected chi connectivity index (χ1v) is 13.6. The summed E-state index contributed by atoms with van der Waals surface area (Å²) >= 11 is 3.79. The smallest absolute Gasteiger partial charge is 0.341 e. The quantitative estimate of drug-likeness (QED) is 0.193. The maximum Gasteiger partial charge on any atom is 0.341 e. The summed E-state index contributed by atoms with van der Waals surface area (Å²) in [5, 5.41) is 8.76. The zero-order chi connectivity index (χ0) is 23.8. The number of carbonyl (C=O) groups is 1. The fourth-order valence-electron chi connectivity index (χ4n) is 2.97. The molecule has 0 aliphatic heterocycles. The van der Waals surface area contributed by atoms with Gasteiger partial charge in [0.05, 0.1) is 6.26 Å². The van der Waals surface area contributed by atoms with Crippen LogP contribution in [0.25, 0.3) is 5.57 Å². The molecule has 1 N–H and O–H groups in total. The summed E-state index contributed by atoms with van der Waals surface area (Å²) in [5.41, 5.74) is 2.48. The Kier molecular flexibility index (Phi) is 8.81. The standard InChI is InChI=1S/C24H21IO6S2/c1-33(28,29)31-22-10-6-5-9-20(22)19(17-7-3-2-4-8-17)13-14-32-23-12-11-18(15-21(23)25)30-16-24(26)27/h2-13,15H,14,16H2,1H3,(H,26,27). The minimum atomic E-state index is -3.68. The van der Waals surface area contributed by atoms with Crippen molar-refractivity contribution in [2.75, 3.05) is 18.6 Å². The Morgan fingerprint density at radius 3 is 2.42 bits per heavy atom. The van der Waals surface area contributed by atoms with E-state index in [0.717, 1.165) is 25.9 Å². The van der Waals surface area contributed by atoms with E-state index in [-0.39, 0.29) is 12.4 Å². The van der Waals surface area contributed by atoms with Crippen LogP contribution >= 0.6 is 34.4 Å². The van der Waals surface area contributed by atoms with Crippen molar-refractivity contribution in [3.63, 3.8) is 0 Å². The van der Waals surface area contributed by atoms with E-state index in [1.54, 1.807) is 36.0 Å². The molecule has 172 valence electrons. The first kappa shape index (κ1) is 25.1. The van der Waals surface area contributed by atoms with Gasteiger partial charge in [-0.05, 0) is 58.0 Å². The molecular weight excluding hydrogens is 575 g/mol. The van der Waals surface area contributed by atoms with Crippen LogP contribution in [-0.2, 0) is 14.9 Å². The number of rotatable bonds is 10. The predicted molar refractivity (Wildman–Crippen MR) is 138 cm³/mol. The van der Waals surface area contributed by atoms with Crippen LogP contribution in [0.5, 0.6) is 11.5 Å². The lowest BCUT2D eigenvalue weighted by atomic mass is 9.97. The van der Waals surface area contributed by atoms with Gasteiger partial charge in [-0.1, -0.05) is 54.6 Å². The Balaban J connectivity index is 1.87. The molecule has 0 saturated heterocycles. The van der Waals surface area contributed by atoms with Crippen molar-refractivity contribution in [1.82, 2.24) is 0 Å². The van der Waals surface area contributed by atoms with E-state index >= 15 is 0 Å². The number of aliphatic carboxylic acids is 1. The second-order valence-corrected chi connectivity index (χ2v) is 10.7. The van der Waals surface area contributed by atoms with Crippen molar-refractivity contribution in [3.05, 3.63) is 93.6 Å². The molecule has 0 amide bonds. The number of ether oxygens (including phenoxy) is 1. The molecule has 6 nitrogen and oxygen atoms in total. The molecule has 0 aromatic heterocycles. The number of carboxylic acids is 1. The van der Waals surface area contributed by atoms with Gasteiger partial charge in [0.25, 0.3) is 0 Å². The molecule has 33 heavy (non-hydrogen) atoms. The predicted octanol–water partition coefficient (Wildman–Crippen LogP) is 5.32. The van der Waals surface area contributed by atoms with E-state index in [4.69, 9.17) is 14.0 Å². The van der Waals surface area contributed by atoms with Crippen LogP contribution < -0.4 is 8.92 Å². The lowest BCUT2D eigenvalue weighted by Gasteiger charge is -2.14. The maximum atomic E-state index is 11.8. The number of para-hydroxylation sites is 1. The van der Waals surface area contributed by atoms with Gasteiger partial charge in [-0.25, -0.2) is 4.79 Å². The van der Waals surface area contributed by atoms with Gasteiger partial charge in [-0.15, -0.1) is 11.8 Å². The number of hydrogen-bond donors (Lipinski definition) is 1. The normalized spacial score (nSPS) is 11.8. The number of benzene rings is 3. The first-order chi connectivity index (χ1) is 15.7. The van der Waals surface area contributed by atoms with Gasteiger partial charge in [0.15, 0.2) is 6.61 Å². The molecule has 0 saturated carbocycles. The summed E-state index contributed by atoms with van der Waals surface area (Å²) in [5.74, 6) is 0.360. The van der Waals surface area contributed by atoms with E-state index < -0.39 is 16.1 Å². The zero-order valence-electron chi connectivity index (χ0n) is 17.6. The van der Waals surface area contributed by atoms with E-state index in [1.807, 2.05) is 54.6 Å². The van der Waals surface area contributed by atoms with Crippen LogP contribution in [0, 0.1) is 3.57 Å². The van der Waals surface area contributed by atoms with Crippen molar-refractivity contribution >= 4 is 56.0 Å². The number of carboxylic acid groups (broad SMARTS) is 1. The number of halogens is 1. The minimum Gasteiger partial charge on any atom is -0.482 e. The fraction of sp³-hybridized carbons (Fsp3) is 0.125. The Hall–Kier alpha value is -2.50. The van der Waals surface area contributed by atoms with Gasteiger partial charge in [0.2, 0.25) is 0 Å². The summed E-state index contributed by atoms with van der Waals surface area (Å²) in [7, 11) is -3.68. The van der Waals surface area contributed by atoms with Gasteiger partial charge in [-0.2, -0.15) is 8.42 Å². The van der Waals surface area contributed by atoms with Crippen LogP contribution in [0.3, 0.4) is 0 Å². The second kappa shape index (κ2) is 11.6. The molecule has 0 fully saturated rings. The molecule has 0 atom stereocenters. The number of thioether (sulfide) groups is 1. The highest BCUT2D eigenvalue weighted by Gasteiger charge is 2.14. The molecule has 0 unspecified atom stereocenters. The first-order valence-electron chi connectivity index (χ1n) is 9.74. The third-order valence-electron chi connectivity index (χ3n) is 4.30. The van der Waals surface area contributed by atoms with Crippen LogP contribution in [-0.4, -0.2) is 38.1 Å². The number of hydrogen-bond acceptors (Lipinski definition) is 6. The molecule has 0 aliphatic rings. The Bertz CT molecular complexity index is 1260. The molecule has 3 rings (SSSR count). The summed E-state index contributed by atoms with van der Waals surface area (Å²) in [4.78, 5) is 11.7. The Labute approximate surface area is 210 Å². The highest BCUT2D eigenvalue weighted by Crippen LogP contribution is 2.34. The fourth-order valence-corrected chi connectivity index (χ4v) is 5.19. The molecule has 9 heteroatoms. The maximum absolute atomic E-state index is 11.8. The van der Waals surface area contributed by atoms with Gasteiger partial charge < -0.3 is 14.0 Å². The van der Waals surface area contributed by atoms with E-state index in [0.29, 0.717) is 17.1 Å². The lowest BCUT2D eigenvalue weighted by molar-refractivity contribution is -0.139. The molecule has 3 aromatic rings. The Morgan fingerprint density at radius 2 is 1.76 bits per heavy atom. The molecule has 0 aliphatic carbocycles. The van der Waals surface area contributed by atoms with Crippen molar-refractivity contribution in [2.45, 2.75) is 4.90 Å². The lowest BCUT2D eigenvalue weighted by Crippen LogP contribution is -2.09. The summed E-state index contributed by atoms with van der Waals surface area (Å²) in [6.07, 6.45) is 3.06. The molecule has 0 spiro atoms. The van der Waals surface area contributed by atoms with Crippen LogP contribution in [0.15, 0.2) is 83.8 Å². The van der Waals surface area contributed by atoms with Crippen molar-refractivity contribution in [2.24, 2.45) is 0 Å². The average molecular weight is 596 g/mol. The van der Waals surface area contributed by atoms with Crippen LogP contribution in [0.4, 0.5) is 0 Å². The summed E-state index contributed by atoms with van der Waals surface area (Å²) in [6, 6.07) is 22.2. The van der Waals surface area contributed by atoms with Gasteiger partial charge in [-0.3, -0.25) is 0 Å². The van der Waals surface area contributed by atoms with E-state index in [2.05, 4.69) is 22.6 Å². The molecule has 0 radical (unpaired) electrons. The Morgan fingerprint density at radius 1 is 1.06 bits per heavy atom. The molecule has 0 bridgehead atoms. The third-order valence-corrected chi connectivity index (χ3v) is 7.04. The summed E-state index contributed by atoms with van der Waals surface area (Å²) < 4.78 is 34.9.